The maximum absolute atomic E-state index is 9.39. The van der Waals surface area contributed by atoms with E-state index < -0.39 is 0 Å². The summed E-state index contributed by atoms with van der Waals surface area (Å²) >= 11 is 3.49. The van der Waals surface area contributed by atoms with Crippen LogP contribution in [0.25, 0.3) is 10.9 Å². The minimum Gasteiger partial charge on any atom is -0.390 e. The number of aliphatic hydroxyl groups is 1. The quantitative estimate of drug-likeness (QED) is 0.794. The number of hydrogen-bond acceptors (Lipinski definition) is 2. The number of nitrogens with zero attached hydrogens (tertiary/aromatic N) is 2. The van der Waals surface area contributed by atoms with Crippen molar-refractivity contribution in [2.45, 2.75) is 19.6 Å². The van der Waals surface area contributed by atoms with E-state index in [-0.39, 0.29) is 6.61 Å². The Labute approximate surface area is 126 Å². The van der Waals surface area contributed by atoms with Gasteiger partial charge in [-0.05, 0) is 30.2 Å². The van der Waals surface area contributed by atoms with Gasteiger partial charge in [-0.1, -0.05) is 46.3 Å². The molecule has 20 heavy (non-hydrogen) atoms. The van der Waals surface area contributed by atoms with Crippen molar-refractivity contribution in [1.82, 2.24) is 9.78 Å². The summed E-state index contributed by atoms with van der Waals surface area (Å²) in [5, 5.41) is 14.9. The number of benzene rings is 2. The number of fused-ring (bicyclic) bond motifs is 1. The van der Waals surface area contributed by atoms with Crippen molar-refractivity contribution in [3.63, 3.8) is 0 Å². The Morgan fingerprint density at radius 2 is 1.95 bits per heavy atom. The maximum atomic E-state index is 9.39. The minimum absolute atomic E-state index is 0.0234. The Morgan fingerprint density at radius 1 is 1.10 bits per heavy atom. The smallest absolute Gasteiger partial charge is 0.0957 e. The van der Waals surface area contributed by atoms with Crippen LogP contribution in [0.15, 0.2) is 53.0 Å². The van der Waals surface area contributed by atoms with Gasteiger partial charge < -0.3 is 5.11 Å². The molecule has 0 saturated heterocycles. The van der Waals surface area contributed by atoms with Crippen LogP contribution in [0.4, 0.5) is 0 Å². The molecule has 102 valence electrons. The number of hydrogen-bond donors (Lipinski definition) is 1. The molecule has 0 aliphatic carbocycles. The fourth-order valence-electron chi connectivity index (χ4n) is 2.41. The zero-order chi connectivity index (χ0) is 13.9. The van der Waals surface area contributed by atoms with Crippen LogP contribution in [0.3, 0.4) is 0 Å². The van der Waals surface area contributed by atoms with Gasteiger partial charge in [0.1, 0.15) is 0 Å². The van der Waals surface area contributed by atoms with Crippen LogP contribution in [-0.4, -0.2) is 14.9 Å². The Hall–Kier alpha value is -1.65. The molecule has 0 radical (unpaired) electrons. The highest BCUT2D eigenvalue weighted by atomic mass is 79.9. The number of aromatic nitrogens is 2. The summed E-state index contributed by atoms with van der Waals surface area (Å²) in [6, 6.07) is 16.3. The number of halogens is 1. The molecule has 4 heteroatoms. The Kier molecular flexibility index (Phi) is 3.85. The largest absolute Gasteiger partial charge is 0.390 e. The summed E-state index contributed by atoms with van der Waals surface area (Å²) < 4.78 is 3.07. The van der Waals surface area contributed by atoms with Crippen molar-refractivity contribution in [1.29, 1.82) is 0 Å². The summed E-state index contributed by atoms with van der Waals surface area (Å²) in [4.78, 5) is 0. The molecule has 0 bridgehead atoms. The lowest BCUT2D eigenvalue weighted by Crippen LogP contribution is -2.03. The second-order valence-electron chi connectivity index (χ2n) is 4.73. The minimum atomic E-state index is -0.0234. The van der Waals surface area contributed by atoms with Gasteiger partial charge in [-0.3, -0.25) is 4.68 Å². The third kappa shape index (κ3) is 2.62. The zero-order valence-corrected chi connectivity index (χ0v) is 12.5. The van der Waals surface area contributed by atoms with Crippen molar-refractivity contribution in [3.05, 3.63) is 64.3 Å². The van der Waals surface area contributed by atoms with Crippen LogP contribution in [0.2, 0.25) is 0 Å². The first-order valence-electron chi connectivity index (χ1n) is 6.57. The van der Waals surface area contributed by atoms with Gasteiger partial charge in [0, 0.05) is 16.4 Å². The summed E-state index contributed by atoms with van der Waals surface area (Å²) in [7, 11) is 0. The third-order valence-electron chi connectivity index (χ3n) is 3.39. The number of aliphatic hydroxyl groups excluding tert-OH is 1. The highest BCUT2D eigenvalue weighted by Crippen LogP contribution is 2.19. The van der Waals surface area contributed by atoms with E-state index in [0.29, 0.717) is 0 Å². The van der Waals surface area contributed by atoms with Gasteiger partial charge in [-0.15, -0.1) is 0 Å². The number of para-hydroxylation sites is 1. The SMILES string of the molecule is OCc1nn(CCc2cccc(Br)c2)c2ccccc12. The average molecular weight is 331 g/mol. The molecule has 0 amide bonds. The maximum Gasteiger partial charge on any atom is 0.0957 e. The van der Waals surface area contributed by atoms with Crippen molar-refractivity contribution in [2.75, 3.05) is 0 Å². The normalized spacial score (nSPS) is 11.1. The molecular formula is C16H15BrN2O. The monoisotopic (exact) mass is 330 g/mol. The molecule has 2 aromatic carbocycles. The van der Waals surface area contributed by atoms with Crippen LogP contribution < -0.4 is 0 Å². The Bertz CT molecular complexity index is 736. The molecule has 1 N–H and O–H groups in total. The highest BCUT2D eigenvalue weighted by Gasteiger charge is 2.08. The van der Waals surface area contributed by atoms with Crippen LogP contribution in [0.5, 0.6) is 0 Å². The second-order valence-corrected chi connectivity index (χ2v) is 5.64. The standard InChI is InChI=1S/C16H15BrN2O/c17-13-5-3-4-12(10-13)8-9-19-16-7-2-1-6-14(16)15(11-20)18-19/h1-7,10,20H,8-9,11H2. The van der Waals surface area contributed by atoms with E-state index >= 15 is 0 Å². The van der Waals surface area contributed by atoms with Crippen LogP contribution in [0.1, 0.15) is 11.3 Å². The summed E-state index contributed by atoms with van der Waals surface area (Å²) in [6.07, 6.45) is 0.913. The fraction of sp³-hybridized carbons (Fsp3) is 0.188. The molecule has 0 spiro atoms. The van der Waals surface area contributed by atoms with Crippen LogP contribution >= 0.6 is 15.9 Å². The molecule has 0 atom stereocenters. The third-order valence-corrected chi connectivity index (χ3v) is 3.88. The fourth-order valence-corrected chi connectivity index (χ4v) is 2.86. The molecule has 0 aliphatic rings. The summed E-state index contributed by atoms with van der Waals surface area (Å²) in [5.41, 5.74) is 3.09. The lowest BCUT2D eigenvalue weighted by molar-refractivity contribution is 0.276. The highest BCUT2D eigenvalue weighted by molar-refractivity contribution is 9.10. The van der Waals surface area contributed by atoms with E-state index in [9.17, 15) is 5.11 Å². The molecule has 0 fully saturated rings. The predicted molar refractivity (Wildman–Crippen MR) is 83.5 cm³/mol. The topological polar surface area (TPSA) is 38.1 Å². The van der Waals surface area contributed by atoms with E-state index in [2.05, 4.69) is 33.2 Å². The molecule has 0 unspecified atom stereocenters. The molecular weight excluding hydrogens is 316 g/mol. The van der Waals surface area contributed by atoms with Gasteiger partial charge in [0.25, 0.3) is 0 Å². The lowest BCUT2D eigenvalue weighted by atomic mass is 10.1. The molecule has 1 aromatic heterocycles. The summed E-state index contributed by atoms with van der Waals surface area (Å²) in [6.45, 7) is 0.779. The van der Waals surface area contributed by atoms with Gasteiger partial charge in [0.05, 0.1) is 17.8 Å². The first kappa shape index (κ1) is 13.3. The second kappa shape index (κ2) is 5.77. The Balaban J connectivity index is 1.88. The number of aryl methyl sites for hydroxylation is 2. The molecule has 3 rings (SSSR count). The predicted octanol–water partition coefficient (Wildman–Crippen LogP) is 3.53. The van der Waals surface area contributed by atoms with E-state index in [1.807, 2.05) is 41.1 Å². The first-order chi connectivity index (χ1) is 9.78. The molecule has 3 aromatic rings. The molecule has 3 nitrogen and oxygen atoms in total. The van der Waals surface area contributed by atoms with E-state index in [1.165, 1.54) is 5.56 Å². The van der Waals surface area contributed by atoms with Crippen molar-refractivity contribution in [3.8, 4) is 0 Å². The zero-order valence-electron chi connectivity index (χ0n) is 11.0. The Morgan fingerprint density at radius 3 is 2.75 bits per heavy atom. The van der Waals surface area contributed by atoms with Gasteiger partial charge in [-0.2, -0.15) is 5.10 Å². The van der Waals surface area contributed by atoms with Gasteiger partial charge in [-0.25, -0.2) is 0 Å². The molecule has 0 saturated carbocycles. The van der Waals surface area contributed by atoms with Gasteiger partial charge in [0.15, 0.2) is 0 Å². The van der Waals surface area contributed by atoms with Gasteiger partial charge in [0.2, 0.25) is 0 Å². The van der Waals surface area contributed by atoms with E-state index in [0.717, 1.165) is 34.0 Å². The van der Waals surface area contributed by atoms with E-state index in [4.69, 9.17) is 0 Å². The van der Waals surface area contributed by atoms with Gasteiger partial charge >= 0.3 is 0 Å². The van der Waals surface area contributed by atoms with Crippen molar-refractivity contribution in [2.24, 2.45) is 0 Å². The van der Waals surface area contributed by atoms with Crippen LogP contribution in [-0.2, 0) is 19.6 Å². The van der Waals surface area contributed by atoms with Crippen LogP contribution in [0, 0.1) is 0 Å². The lowest BCUT2D eigenvalue weighted by Gasteiger charge is -2.04. The van der Waals surface area contributed by atoms with Crippen molar-refractivity contribution < 1.29 is 5.11 Å². The first-order valence-corrected chi connectivity index (χ1v) is 7.37. The van der Waals surface area contributed by atoms with E-state index in [1.54, 1.807) is 0 Å². The molecule has 0 aliphatic heterocycles. The average Bonchev–Trinajstić information content (AvgIpc) is 2.83. The summed E-state index contributed by atoms with van der Waals surface area (Å²) in [5.74, 6) is 0. The number of rotatable bonds is 4. The molecule has 1 heterocycles. The van der Waals surface area contributed by atoms with Crippen molar-refractivity contribution >= 4 is 26.8 Å².